The van der Waals surface area contributed by atoms with Crippen molar-refractivity contribution in [1.29, 1.82) is 0 Å². The quantitative estimate of drug-likeness (QED) is 0.873. The summed E-state index contributed by atoms with van der Waals surface area (Å²) in [6.07, 6.45) is 2.67. The third-order valence-electron chi connectivity index (χ3n) is 3.01. The van der Waals surface area contributed by atoms with Crippen LogP contribution in [0.5, 0.6) is 0 Å². The molecule has 2 N–H and O–H groups in total. The molecule has 0 saturated heterocycles. The molecule has 0 spiro atoms. The lowest BCUT2D eigenvalue weighted by molar-refractivity contribution is 0.473. The smallest absolute Gasteiger partial charge is 0.147 e. The van der Waals surface area contributed by atoms with Crippen LogP contribution in [0.25, 0.3) is 0 Å². The zero-order valence-corrected chi connectivity index (χ0v) is 11.5. The van der Waals surface area contributed by atoms with Crippen molar-refractivity contribution in [2.45, 2.75) is 32.2 Å². The largest absolute Gasteiger partial charge is 0.322 e. The van der Waals surface area contributed by atoms with E-state index in [9.17, 15) is 8.42 Å². The van der Waals surface area contributed by atoms with Crippen LogP contribution in [-0.4, -0.2) is 20.4 Å². The molecule has 0 fully saturated rings. The Morgan fingerprint density at radius 1 is 1.24 bits per heavy atom. The Hall–Kier alpha value is -0.870. The first-order valence-corrected chi connectivity index (χ1v) is 7.87. The number of nitrogens with two attached hydrogens (primary N) is 1. The first-order valence-electron chi connectivity index (χ1n) is 5.80. The van der Waals surface area contributed by atoms with Crippen molar-refractivity contribution in [3.05, 3.63) is 35.4 Å². The van der Waals surface area contributed by atoms with E-state index in [1.807, 2.05) is 31.2 Å². The summed E-state index contributed by atoms with van der Waals surface area (Å²) in [5.74, 6) is 0.121. The summed E-state index contributed by atoms with van der Waals surface area (Å²) < 4.78 is 22.3. The third-order valence-corrected chi connectivity index (χ3v) is 3.96. The first-order chi connectivity index (χ1) is 7.74. The van der Waals surface area contributed by atoms with Gasteiger partial charge in [-0.3, -0.25) is 0 Å². The molecule has 0 aliphatic carbocycles. The summed E-state index contributed by atoms with van der Waals surface area (Å²) in [6, 6.07) is 8.06. The molecule has 1 rings (SSSR count). The molecule has 0 bridgehead atoms. The van der Waals surface area contributed by atoms with E-state index in [0.29, 0.717) is 6.42 Å². The second kappa shape index (κ2) is 5.19. The highest BCUT2D eigenvalue weighted by Crippen LogP contribution is 2.22. The van der Waals surface area contributed by atoms with Gasteiger partial charge >= 0.3 is 0 Å². The van der Waals surface area contributed by atoms with Crippen LogP contribution < -0.4 is 5.73 Å². The van der Waals surface area contributed by atoms with Gasteiger partial charge in [0.2, 0.25) is 0 Å². The zero-order chi connectivity index (χ0) is 13.1. The minimum atomic E-state index is -2.96. The van der Waals surface area contributed by atoms with Crippen LogP contribution >= 0.6 is 0 Å². The molecule has 0 heterocycles. The van der Waals surface area contributed by atoms with E-state index in [1.54, 1.807) is 0 Å². The van der Waals surface area contributed by atoms with Crippen molar-refractivity contribution in [3.8, 4) is 0 Å². The number of rotatable bonds is 5. The molecular weight excluding hydrogens is 234 g/mol. The highest BCUT2D eigenvalue weighted by molar-refractivity contribution is 7.90. The number of hydrogen-bond acceptors (Lipinski definition) is 3. The average molecular weight is 255 g/mol. The molecule has 1 aromatic carbocycles. The van der Waals surface area contributed by atoms with Gasteiger partial charge in [0, 0.05) is 11.8 Å². The van der Waals surface area contributed by atoms with Gasteiger partial charge in [-0.25, -0.2) is 8.42 Å². The maximum atomic E-state index is 11.2. The van der Waals surface area contributed by atoms with Gasteiger partial charge in [-0.15, -0.1) is 0 Å². The van der Waals surface area contributed by atoms with E-state index in [4.69, 9.17) is 5.73 Å². The van der Waals surface area contributed by atoms with Crippen LogP contribution in [0.15, 0.2) is 24.3 Å². The molecule has 0 aromatic heterocycles. The SMILES string of the molecule is CCc1ccc(C(C)(N)CCS(C)(=O)=O)cc1. The van der Waals surface area contributed by atoms with Gasteiger partial charge in [-0.2, -0.15) is 0 Å². The first kappa shape index (κ1) is 14.2. The summed E-state index contributed by atoms with van der Waals surface area (Å²) in [4.78, 5) is 0. The van der Waals surface area contributed by atoms with E-state index in [1.165, 1.54) is 11.8 Å². The number of benzene rings is 1. The monoisotopic (exact) mass is 255 g/mol. The number of hydrogen-bond donors (Lipinski definition) is 1. The Labute approximate surface area is 104 Å². The molecule has 4 heteroatoms. The summed E-state index contributed by atoms with van der Waals surface area (Å²) >= 11 is 0. The lowest BCUT2D eigenvalue weighted by atomic mass is 9.90. The number of sulfone groups is 1. The fourth-order valence-corrected chi connectivity index (χ4v) is 2.46. The fourth-order valence-electron chi connectivity index (χ4n) is 1.66. The highest BCUT2D eigenvalue weighted by atomic mass is 32.2. The van der Waals surface area contributed by atoms with Gasteiger partial charge in [0.05, 0.1) is 5.75 Å². The summed E-state index contributed by atoms with van der Waals surface area (Å²) in [5, 5.41) is 0. The Morgan fingerprint density at radius 2 is 1.76 bits per heavy atom. The second-order valence-electron chi connectivity index (χ2n) is 4.85. The fraction of sp³-hybridized carbons (Fsp3) is 0.538. The molecule has 96 valence electrons. The normalized spacial score (nSPS) is 15.5. The summed E-state index contributed by atoms with van der Waals surface area (Å²) in [7, 11) is -2.96. The van der Waals surface area contributed by atoms with Crippen LogP contribution in [0.1, 0.15) is 31.4 Å². The van der Waals surface area contributed by atoms with Crippen molar-refractivity contribution in [1.82, 2.24) is 0 Å². The van der Waals surface area contributed by atoms with Crippen LogP contribution in [0.3, 0.4) is 0 Å². The average Bonchev–Trinajstić information content (AvgIpc) is 2.26. The van der Waals surface area contributed by atoms with Gasteiger partial charge in [0.25, 0.3) is 0 Å². The zero-order valence-electron chi connectivity index (χ0n) is 10.7. The van der Waals surface area contributed by atoms with Crippen LogP contribution in [0.4, 0.5) is 0 Å². The number of aryl methyl sites for hydroxylation is 1. The van der Waals surface area contributed by atoms with E-state index in [0.717, 1.165) is 12.0 Å². The molecule has 17 heavy (non-hydrogen) atoms. The van der Waals surface area contributed by atoms with Crippen molar-refractivity contribution >= 4 is 9.84 Å². The molecule has 0 amide bonds. The molecular formula is C13H21NO2S. The standard InChI is InChI=1S/C13H21NO2S/c1-4-11-5-7-12(8-6-11)13(2,14)9-10-17(3,15)16/h5-8H,4,9-10,14H2,1-3H3. The predicted molar refractivity (Wildman–Crippen MR) is 71.7 cm³/mol. The van der Waals surface area contributed by atoms with Crippen molar-refractivity contribution < 1.29 is 8.42 Å². The highest BCUT2D eigenvalue weighted by Gasteiger charge is 2.22. The molecule has 0 aliphatic rings. The van der Waals surface area contributed by atoms with Crippen molar-refractivity contribution in [3.63, 3.8) is 0 Å². The van der Waals surface area contributed by atoms with Crippen LogP contribution in [-0.2, 0) is 21.8 Å². The summed E-state index contributed by atoms with van der Waals surface area (Å²) in [5.41, 5.74) is 7.83. The topological polar surface area (TPSA) is 60.2 Å². The minimum Gasteiger partial charge on any atom is -0.322 e. The minimum absolute atomic E-state index is 0.121. The van der Waals surface area contributed by atoms with Gasteiger partial charge in [0.15, 0.2) is 0 Å². The Bertz CT molecular complexity index is 461. The lowest BCUT2D eigenvalue weighted by Crippen LogP contribution is -2.35. The molecule has 3 nitrogen and oxygen atoms in total. The maximum absolute atomic E-state index is 11.2. The second-order valence-corrected chi connectivity index (χ2v) is 7.11. The Balaban J connectivity index is 2.81. The van der Waals surface area contributed by atoms with Crippen molar-refractivity contribution in [2.24, 2.45) is 5.73 Å². The molecule has 0 radical (unpaired) electrons. The molecule has 1 atom stereocenters. The van der Waals surface area contributed by atoms with Gasteiger partial charge < -0.3 is 5.73 Å². The van der Waals surface area contributed by atoms with Gasteiger partial charge in [0.1, 0.15) is 9.84 Å². The van der Waals surface area contributed by atoms with E-state index in [2.05, 4.69) is 6.92 Å². The van der Waals surface area contributed by atoms with Gasteiger partial charge in [-0.1, -0.05) is 31.2 Å². The van der Waals surface area contributed by atoms with Crippen LogP contribution in [0.2, 0.25) is 0 Å². The van der Waals surface area contributed by atoms with E-state index < -0.39 is 15.4 Å². The molecule has 1 unspecified atom stereocenters. The van der Waals surface area contributed by atoms with E-state index in [-0.39, 0.29) is 5.75 Å². The predicted octanol–water partition coefficient (Wildman–Crippen LogP) is 1.86. The molecule has 0 aliphatic heterocycles. The molecule has 1 aromatic rings. The lowest BCUT2D eigenvalue weighted by Gasteiger charge is -2.25. The Kier molecular flexibility index (Phi) is 4.33. The maximum Gasteiger partial charge on any atom is 0.147 e. The van der Waals surface area contributed by atoms with Crippen molar-refractivity contribution in [2.75, 3.05) is 12.0 Å². The molecule has 0 saturated carbocycles. The summed E-state index contributed by atoms with van der Waals surface area (Å²) in [6.45, 7) is 3.97. The van der Waals surface area contributed by atoms with Crippen LogP contribution in [0, 0.1) is 0 Å². The van der Waals surface area contributed by atoms with E-state index >= 15 is 0 Å². The van der Waals surface area contributed by atoms with Gasteiger partial charge in [-0.05, 0) is 30.9 Å². The Morgan fingerprint density at radius 3 is 2.18 bits per heavy atom. The third kappa shape index (κ3) is 4.48.